The van der Waals surface area contributed by atoms with E-state index in [4.69, 9.17) is 16.3 Å². The van der Waals surface area contributed by atoms with Crippen LogP contribution in [0.2, 0.25) is 5.02 Å². The molecule has 0 aliphatic rings. The van der Waals surface area contributed by atoms with E-state index in [1.54, 1.807) is 48.5 Å². The fourth-order valence-corrected chi connectivity index (χ4v) is 4.61. The maximum Gasteiger partial charge on any atom is 0.244 e. The molecule has 0 aliphatic carbocycles. The fraction of sp³-hybridized carbons (Fsp3) is 0.462. The summed E-state index contributed by atoms with van der Waals surface area (Å²) in [5.41, 5.74) is 1.10. The third-order valence-electron chi connectivity index (χ3n) is 5.77. The summed E-state index contributed by atoms with van der Waals surface area (Å²) in [5, 5.41) is 3.50. The van der Waals surface area contributed by atoms with Gasteiger partial charge >= 0.3 is 0 Å². The lowest BCUT2D eigenvalue weighted by atomic mass is 10.1. The maximum atomic E-state index is 13.7. The zero-order chi connectivity index (χ0) is 26.9. The number of sulfonamides is 1. The van der Waals surface area contributed by atoms with Crippen LogP contribution in [0.1, 0.15) is 46.1 Å². The lowest BCUT2D eigenvalue weighted by Gasteiger charge is -2.33. The number of hydrogen-bond acceptors (Lipinski definition) is 5. The Balaban J connectivity index is 2.41. The van der Waals surface area contributed by atoms with Gasteiger partial charge in [0, 0.05) is 17.6 Å². The first-order valence-electron chi connectivity index (χ1n) is 12.0. The van der Waals surface area contributed by atoms with E-state index < -0.39 is 28.5 Å². The van der Waals surface area contributed by atoms with Crippen LogP contribution < -0.4 is 14.4 Å². The van der Waals surface area contributed by atoms with Gasteiger partial charge < -0.3 is 15.0 Å². The van der Waals surface area contributed by atoms with E-state index in [2.05, 4.69) is 5.32 Å². The summed E-state index contributed by atoms with van der Waals surface area (Å²) in [6, 6.07) is 12.6. The van der Waals surface area contributed by atoms with Crippen molar-refractivity contribution in [3.63, 3.8) is 0 Å². The molecule has 1 N–H and O–H groups in total. The Morgan fingerprint density at radius 2 is 1.61 bits per heavy atom. The average molecular weight is 538 g/mol. The molecule has 0 spiro atoms. The van der Waals surface area contributed by atoms with E-state index in [1.807, 2.05) is 27.7 Å². The first-order valence-corrected chi connectivity index (χ1v) is 14.3. The van der Waals surface area contributed by atoms with Crippen LogP contribution >= 0.6 is 11.6 Å². The number of carbonyl (C=O) groups excluding carboxylic acids is 2. The monoisotopic (exact) mass is 537 g/mol. The molecule has 2 atom stereocenters. The SMILES string of the molecule is CCOc1ccc(N(CC(=O)N(Cc2ccc(Cl)cc2)[C@@H](CC)C(=O)N[C@H](C)CC)S(C)(=O)=O)cc1. The Hall–Kier alpha value is -2.78. The molecule has 0 saturated heterocycles. The van der Waals surface area contributed by atoms with Gasteiger partial charge in [-0.3, -0.25) is 13.9 Å². The summed E-state index contributed by atoms with van der Waals surface area (Å²) in [5.74, 6) is -0.172. The molecule has 10 heteroatoms. The molecule has 0 aromatic heterocycles. The fourth-order valence-electron chi connectivity index (χ4n) is 3.64. The van der Waals surface area contributed by atoms with E-state index in [0.29, 0.717) is 29.5 Å². The highest BCUT2D eigenvalue weighted by Crippen LogP contribution is 2.23. The van der Waals surface area contributed by atoms with Gasteiger partial charge in [-0.15, -0.1) is 0 Å². The third kappa shape index (κ3) is 8.41. The molecule has 2 aromatic rings. The van der Waals surface area contributed by atoms with Gasteiger partial charge in [0.15, 0.2) is 0 Å². The van der Waals surface area contributed by atoms with Crippen LogP contribution in [0.25, 0.3) is 0 Å². The molecule has 2 amide bonds. The van der Waals surface area contributed by atoms with Gasteiger partial charge in [-0.05, 0) is 68.7 Å². The molecule has 2 rings (SSSR count). The van der Waals surface area contributed by atoms with Gasteiger partial charge in [-0.2, -0.15) is 0 Å². The molecule has 0 radical (unpaired) electrons. The van der Waals surface area contributed by atoms with Crippen molar-refractivity contribution in [3.05, 3.63) is 59.1 Å². The highest BCUT2D eigenvalue weighted by Gasteiger charge is 2.32. The third-order valence-corrected chi connectivity index (χ3v) is 7.16. The minimum atomic E-state index is -3.80. The highest BCUT2D eigenvalue weighted by molar-refractivity contribution is 7.92. The smallest absolute Gasteiger partial charge is 0.244 e. The second kappa shape index (κ2) is 13.5. The Bertz CT molecular complexity index is 1110. The lowest BCUT2D eigenvalue weighted by molar-refractivity contribution is -0.140. The van der Waals surface area contributed by atoms with Crippen molar-refractivity contribution in [3.8, 4) is 5.75 Å². The molecule has 2 aromatic carbocycles. The molecule has 8 nitrogen and oxygen atoms in total. The highest BCUT2D eigenvalue weighted by atomic mass is 35.5. The summed E-state index contributed by atoms with van der Waals surface area (Å²) in [7, 11) is -3.80. The van der Waals surface area contributed by atoms with Crippen molar-refractivity contribution < 1.29 is 22.7 Å². The Kier molecular flexibility index (Phi) is 11.0. The molecular formula is C26H36ClN3O5S. The van der Waals surface area contributed by atoms with Crippen molar-refractivity contribution in [2.75, 3.05) is 23.7 Å². The molecule has 0 fully saturated rings. The number of benzene rings is 2. The van der Waals surface area contributed by atoms with Crippen LogP contribution in [0.3, 0.4) is 0 Å². The number of nitrogens with zero attached hydrogens (tertiary/aromatic N) is 2. The van der Waals surface area contributed by atoms with Crippen molar-refractivity contribution >= 4 is 39.1 Å². The zero-order valence-corrected chi connectivity index (χ0v) is 23.1. The molecular weight excluding hydrogens is 502 g/mol. The van der Waals surface area contributed by atoms with Crippen molar-refractivity contribution in [2.45, 2.75) is 59.2 Å². The first-order chi connectivity index (χ1) is 17.0. The molecule has 36 heavy (non-hydrogen) atoms. The van der Waals surface area contributed by atoms with E-state index in [9.17, 15) is 18.0 Å². The Labute approximate surface area is 219 Å². The summed E-state index contributed by atoms with van der Waals surface area (Å²) < 4.78 is 31.8. The molecule has 198 valence electrons. The molecule has 0 bridgehead atoms. The van der Waals surface area contributed by atoms with Crippen LogP contribution in [-0.2, 0) is 26.2 Å². The number of anilines is 1. The standard InChI is InChI=1S/C26H36ClN3O5S/c1-6-19(4)28-26(32)24(7-2)29(17-20-9-11-21(27)12-10-20)25(31)18-30(36(5,33)34)22-13-15-23(16-14-22)35-8-3/h9-16,19,24H,6-8,17-18H2,1-5H3,(H,28,32)/t19-,24+/m1/s1. The van der Waals surface area contributed by atoms with E-state index >= 15 is 0 Å². The van der Waals surface area contributed by atoms with Crippen LogP contribution in [-0.4, -0.2) is 56.6 Å². The van der Waals surface area contributed by atoms with Gasteiger partial charge in [-0.1, -0.05) is 37.6 Å². The normalized spacial score (nSPS) is 12.9. The van der Waals surface area contributed by atoms with Gasteiger partial charge in [0.2, 0.25) is 21.8 Å². The average Bonchev–Trinajstić information content (AvgIpc) is 2.83. The van der Waals surface area contributed by atoms with Crippen LogP contribution in [0.4, 0.5) is 5.69 Å². The predicted molar refractivity (Wildman–Crippen MR) is 144 cm³/mol. The quantitative estimate of drug-likeness (QED) is 0.412. The molecule has 0 heterocycles. The number of nitrogens with one attached hydrogen (secondary N) is 1. The van der Waals surface area contributed by atoms with Crippen molar-refractivity contribution in [2.24, 2.45) is 0 Å². The number of amides is 2. The van der Waals surface area contributed by atoms with Crippen LogP contribution in [0.5, 0.6) is 5.75 Å². The van der Waals surface area contributed by atoms with Gasteiger partial charge in [0.05, 0.1) is 18.6 Å². The summed E-state index contributed by atoms with van der Waals surface area (Å²) in [6.07, 6.45) is 2.16. The summed E-state index contributed by atoms with van der Waals surface area (Å²) in [6.45, 7) is 7.69. The minimum absolute atomic E-state index is 0.0598. The second-order valence-corrected chi connectivity index (χ2v) is 10.9. The zero-order valence-electron chi connectivity index (χ0n) is 21.5. The molecule has 0 unspecified atom stereocenters. The van der Waals surface area contributed by atoms with Crippen LogP contribution in [0, 0.1) is 0 Å². The summed E-state index contributed by atoms with van der Waals surface area (Å²) >= 11 is 6.02. The maximum absolute atomic E-state index is 13.7. The second-order valence-electron chi connectivity index (χ2n) is 8.59. The first kappa shape index (κ1) is 29.5. The largest absolute Gasteiger partial charge is 0.494 e. The van der Waals surface area contributed by atoms with E-state index in [1.165, 1.54) is 4.90 Å². The number of ether oxygens (including phenoxy) is 1. The minimum Gasteiger partial charge on any atom is -0.494 e. The number of hydrogen-bond donors (Lipinski definition) is 1. The molecule has 0 aliphatic heterocycles. The predicted octanol–water partition coefficient (Wildman–Crippen LogP) is 4.23. The van der Waals surface area contributed by atoms with E-state index in [0.717, 1.165) is 22.5 Å². The number of halogens is 1. The molecule has 0 saturated carbocycles. The van der Waals surface area contributed by atoms with Gasteiger partial charge in [-0.25, -0.2) is 8.42 Å². The van der Waals surface area contributed by atoms with Gasteiger partial charge in [0.1, 0.15) is 18.3 Å². The number of rotatable bonds is 13. The van der Waals surface area contributed by atoms with E-state index in [-0.39, 0.29) is 18.5 Å². The van der Waals surface area contributed by atoms with Crippen molar-refractivity contribution in [1.29, 1.82) is 0 Å². The van der Waals surface area contributed by atoms with Gasteiger partial charge in [0.25, 0.3) is 0 Å². The Morgan fingerprint density at radius 1 is 1.00 bits per heavy atom. The van der Waals surface area contributed by atoms with Crippen molar-refractivity contribution in [1.82, 2.24) is 10.2 Å². The lowest BCUT2D eigenvalue weighted by Crippen LogP contribution is -2.53. The summed E-state index contributed by atoms with van der Waals surface area (Å²) in [4.78, 5) is 28.2. The topological polar surface area (TPSA) is 96.0 Å². The number of carbonyl (C=O) groups is 2. The Morgan fingerprint density at radius 3 is 2.11 bits per heavy atom. The van der Waals surface area contributed by atoms with Crippen LogP contribution in [0.15, 0.2) is 48.5 Å².